The Balaban J connectivity index is 2.07. The van der Waals surface area contributed by atoms with Gasteiger partial charge in [0.05, 0.1) is 13.7 Å². The number of hydrogen-bond donors (Lipinski definition) is 0. The van der Waals surface area contributed by atoms with Crippen molar-refractivity contribution in [2.75, 3.05) is 13.7 Å². The number of carbonyl (C=O) groups is 1. The number of ether oxygens (including phenoxy) is 3. The van der Waals surface area contributed by atoms with E-state index in [1.54, 1.807) is 7.11 Å². The van der Waals surface area contributed by atoms with E-state index >= 15 is 0 Å². The number of hydrogen-bond acceptors (Lipinski definition) is 4. The van der Waals surface area contributed by atoms with Crippen molar-refractivity contribution in [2.24, 2.45) is 0 Å². The largest absolute Gasteiger partial charge is 0.497 e. The molecule has 1 saturated heterocycles. The van der Waals surface area contributed by atoms with Crippen LogP contribution in [0.4, 0.5) is 0 Å². The molecule has 1 fully saturated rings. The van der Waals surface area contributed by atoms with Crippen molar-refractivity contribution in [2.45, 2.75) is 18.8 Å². The van der Waals surface area contributed by atoms with Gasteiger partial charge in [0.15, 0.2) is 6.29 Å². The van der Waals surface area contributed by atoms with Gasteiger partial charge in [-0.1, -0.05) is 12.1 Å². The van der Waals surface area contributed by atoms with Crippen molar-refractivity contribution in [1.82, 2.24) is 0 Å². The van der Waals surface area contributed by atoms with Gasteiger partial charge in [-0.2, -0.15) is 0 Å². The van der Waals surface area contributed by atoms with E-state index in [9.17, 15) is 4.79 Å². The highest BCUT2D eigenvalue weighted by Crippen LogP contribution is 2.26. The SMILES string of the molecule is COc1ccc([C@H]2OCC[C@@H](C=O)O2)cc1. The van der Waals surface area contributed by atoms with E-state index in [0.717, 1.165) is 17.6 Å². The Kier molecular flexibility index (Phi) is 3.54. The highest BCUT2D eigenvalue weighted by Gasteiger charge is 2.23. The fraction of sp³-hybridized carbons (Fsp3) is 0.417. The second-order valence-corrected chi connectivity index (χ2v) is 3.58. The smallest absolute Gasteiger partial charge is 0.184 e. The molecule has 86 valence electrons. The highest BCUT2D eigenvalue weighted by atomic mass is 16.7. The molecule has 0 bridgehead atoms. The highest BCUT2D eigenvalue weighted by molar-refractivity contribution is 5.56. The van der Waals surface area contributed by atoms with Crippen molar-refractivity contribution in [3.63, 3.8) is 0 Å². The molecule has 0 aromatic heterocycles. The van der Waals surface area contributed by atoms with Crippen molar-refractivity contribution >= 4 is 6.29 Å². The first-order chi connectivity index (χ1) is 7.83. The Labute approximate surface area is 94.1 Å². The molecule has 1 aliphatic rings. The lowest BCUT2D eigenvalue weighted by Crippen LogP contribution is -2.27. The summed E-state index contributed by atoms with van der Waals surface area (Å²) in [6, 6.07) is 7.42. The van der Waals surface area contributed by atoms with Gasteiger partial charge in [0, 0.05) is 12.0 Å². The monoisotopic (exact) mass is 222 g/mol. The van der Waals surface area contributed by atoms with Gasteiger partial charge in [-0.3, -0.25) is 0 Å². The standard InChI is InChI=1S/C12H14O4/c1-14-10-4-2-9(3-5-10)12-15-7-6-11(8-13)16-12/h2-5,8,11-12H,6-7H2,1H3/t11-,12-/m0/s1. The Hall–Kier alpha value is -1.39. The fourth-order valence-electron chi connectivity index (χ4n) is 1.59. The van der Waals surface area contributed by atoms with Crippen LogP contribution in [0, 0.1) is 0 Å². The van der Waals surface area contributed by atoms with E-state index in [0.29, 0.717) is 13.0 Å². The molecule has 1 aromatic rings. The minimum absolute atomic E-state index is 0.360. The zero-order chi connectivity index (χ0) is 11.4. The van der Waals surface area contributed by atoms with Crippen LogP contribution < -0.4 is 4.74 Å². The van der Waals surface area contributed by atoms with Crippen molar-refractivity contribution in [3.05, 3.63) is 29.8 Å². The Bertz CT molecular complexity index is 347. The van der Waals surface area contributed by atoms with Crippen LogP contribution in [0.5, 0.6) is 5.75 Å². The third-order valence-electron chi connectivity index (χ3n) is 2.51. The molecule has 0 saturated carbocycles. The van der Waals surface area contributed by atoms with Crippen molar-refractivity contribution < 1.29 is 19.0 Å². The van der Waals surface area contributed by atoms with Gasteiger partial charge in [-0.05, 0) is 12.1 Å². The van der Waals surface area contributed by atoms with Gasteiger partial charge in [0.1, 0.15) is 18.1 Å². The van der Waals surface area contributed by atoms with Gasteiger partial charge in [-0.15, -0.1) is 0 Å². The summed E-state index contributed by atoms with van der Waals surface area (Å²) in [5.41, 5.74) is 0.896. The normalized spacial score (nSPS) is 25.1. The van der Waals surface area contributed by atoms with Gasteiger partial charge < -0.3 is 19.0 Å². The van der Waals surface area contributed by atoms with Crippen LogP contribution in [0.2, 0.25) is 0 Å². The molecule has 0 aliphatic carbocycles. The molecule has 0 N–H and O–H groups in total. The molecule has 0 unspecified atom stereocenters. The van der Waals surface area contributed by atoms with E-state index in [-0.39, 0.29) is 6.10 Å². The molecule has 16 heavy (non-hydrogen) atoms. The Morgan fingerprint density at radius 2 is 2.12 bits per heavy atom. The van der Waals surface area contributed by atoms with Gasteiger partial charge in [0.25, 0.3) is 0 Å². The second kappa shape index (κ2) is 5.09. The van der Waals surface area contributed by atoms with Crippen LogP contribution in [-0.2, 0) is 14.3 Å². The Morgan fingerprint density at radius 3 is 2.75 bits per heavy atom. The molecule has 1 aliphatic heterocycles. The summed E-state index contributed by atoms with van der Waals surface area (Å²) in [5.74, 6) is 0.784. The third-order valence-corrected chi connectivity index (χ3v) is 2.51. The predicted octanol–water partition coefficient (Wildman–Crippen LogP) is 1.70. The van der Waals surface area contributed by atoms with Gasteiger partial charge >= 0.3 is 0 Å². The van der Waals surface area contributed by atoms with Crippen molar-refractivity contribution in [1.29, 1.82) is 0 Å². The maximum atomic E-state index is 10.6. The van der Waals surface area contributed by atoms with Crippen LogP contribution >= 0.6 is 0 Å². The average Bonchev–Trinajstić information content (AvgIpc) is 2.39. The summed E-state index contributed by atoms with van der Waals surface area (Å²) < 4.78 is 16.0. The van der Waals surface area contributed by atoms with Gasteiger partial charge in [0.2, 0.25) is 0 Å². The maximum Gasteiger partial charge on any atom is 0.184 e. The fourth-order valence-corrected chi connectivity index (χ4v) is 1.59. The lowest BCUT2D eigenvalue weighted by molar-refractivity contribution is -0.211. The minimum atomic E-state index is -0.449. The average molecular weight is 222 g/mol. The maximum absolute atomic E-state index is 10.6. The van der Waals surface area contributed by atoms with E-state index in [1.807, 2.05) is 24.3 Å². The molecule has 2 atom stereocenters. The van der Waals surface area contributed by atoms with E-state index in [2.05, 4.69) is 0 Å². The molecular formula is C12H14O4. The third kappa shape index (κ3) is 2.40. The summed E-state index contributed by atoms with van der Waals surface area (Å²) in [7, 11) is 1.62. The number of carbonyl (C=O) groups excluding carboxylic acids is 1. The van der Waals surface area contributed by atoms with E-state index in [4.69, 9.17) is 14.2 Å². The molecule has 4 heteroatoms. The van der Waals surface area contributed by atoms with Crippen LogP contribution in [0.15, 0.2) is 24.3 Å². The first-order valence-electron chi connectivity index (χ1n) is 5.20. The lowest BCUT2D eigenvalue weighted by atomic mass is 10.2. The molecule has 1 heterocycles. The summed E-state index contributed by atoms with van der Waals surface area (Å²) >= 11 is 0. The van der Waals surface area contributed by atoms with Crippen LogP contribution in [0.1, 0.15) is 18.3 Å². The summed E-state index contributed by atoms with van der Waals surface area (Å²) in [6.45, 7) is 0.542. The summed E-state index contributed by atoms with van der Waals surface area (Å²) in [6.07, 6.45) is 0.630. The van der Waals surface area contributed by atoms with Gasteiger partial charge in [-0.25, -0.2) is 0 Å². The first-order valence-corrected chi connectivity index (χ1v) is 5.20. The minimum Gasteiger partial charge on any atom is -0.497 e. The molecule has 0 amide bonds. The molecule has 0 spiro atoms. The van der Waals surface area contributed by atoms with E-state index in [1.165, 1.54) is 0 Å². The molecule has 2 rings (SSSR count). The Morgan fingerprint density at radius 1 is 1.38 bits per heavy atom. The summed E-state index contributed by atoms with van der Waals surface area (Å²) in [5, 5.41) is 0. The molecular weight excluding hydrogens is 208 g/mol. The van der Waals surface area contributed by atoms with Crippen LogP contribution in [0.25, 0.3) is 0 Å². The lowest BCUT2D eigenvalue weighted by Gasteiger charge is -2.27. The van der Waals surface area contributed by atoms with Crippen molar-refractivity contribution in [3.8, 4) is 5.75 Å². The predicted molar refractivity (Wildman–Crippen MR) is 57.2 cm³/mol. The molecule has 0 radical (unpaired) electrons. The zero-order valence-corrected chi connectivity index (χ0v) is 9.09. The van der Waals surface area contributed by atoms with Crippen LogP contribution in [0.3, 0.4) is 0 Å². The molecule has 1 aromatic carbocycles. The van der Waals surface area contributed by atoms with E-state index < -0.39 is 6.29 Å². The number of aldehydes is 1. The second-order valence-electron chi connectivity index (χ2n) is 3.58. The topological polar surface area (TPSA) is 44.8 Å². The summed E-state index contributed by atoms with van der Waals surface area (Å²) in [4.78, 5) is 10.6. The zero-order valence-electron chi connectivity index (χ0n) is 9.09. The molecule has 4 nitrogen and oxygen atoms in total. The number of benzene rings is 1. The van der Waals surface area contributed by atoms with Crippen LogP contribution in [-0.4, -0.2) is 26.1 Å². The number of methoxy groups -OCH3 is 1. The first kappa shape index (κ1) is 11.1. The number of rotatable bonds is 3. The quantitative estimate of drug-likeness (QED) is 0.730.